The fourth-order valence-corrected chi connectivity index (χ4v) is 5.99. The van der Waals surface area contributed by atoms with Gasteiger partial charge in [-0.05, 0) is 19.4 Å². The van der Waals surface area contributed by atoms with Crippen LogP contribution < -0.4 is 0 Å². The molecular formula is C21H28N4O5S. The Morgan fingerprint density at radius 2 is 1.65 bits per heavy atom. The van der Waals surface area contributed by atoms with E-state index in [-0.39, 0.29) is 10.8 Å². The first-order valence-electron chi connectivity index (χ1n) is 10.5. The first kappa shape index (κ1) is 21.9. The first-order valence-corrected chi connectivity index (χ1v) is 11.9. The van der Waals surface area contributed by atoms with Gasteiger partial charge in [-0.2, -0.15) is 4.31 Å². The van der Waals surface area contributed by atoms with Crippen molar-refractivity contribution in [3.63, 3.8) is 0 Å². The van der Waals surface area contributed by atoms with E-state index in [0.717, 1.165) is 5.56 Å². The van der Waals surface area contributed by atoms with Gasteiger partial charge in [-0.3, -0.25) is 9.69 Å². The Kier molecular flexibility index (Phi) is 6.42. The second-order valence-corrected chi connectivity index (χ2v) is 9.72. The zero-order valence-electron chi connectivity index (χ0n) is 17.9. The van der Waals surface area contributed by atoms with E-state index in [9.17, 15) is 13.2 Å². The van der Waals surface area contributed by atoms with Gasteiger partial charge in [-0.1, -0.05) is 35.5 Å². The van der Waals surface area contributed by atoms with Gasteiger partial charge in [0.15, 0.2) is 5.76 Å². The molecule has 2 fully saturated rings. The Balaban J connectivity index is 1.53. The van der Waals surface area contributed by atoms with Crippen molar-refractivity contribution in [1.29, 1.82) is 0 Å². The molecule has 2 aliphatic heterocycles. The summed E-state index contributed by atoms with van der Waals surface area (Å²) in [6.45, 7) is 6.97. The highest BCUT2D eigenvalue weighted by Crippen LogP contribution is 2.28. The summed E-state index contributed by atoms with van der Waals surface area (Å²) < 4.78 is 38.2. The largest absolute Gasteiger partial charge is 0.378 e. The summed E-state index contributed by atoms with van der Waals surface area (Å²) in [7, 11) is -3.70. The molecule has 0 radical (unpaired) electrons. The maximum absolute atomic E-state index is 13.4. The van der Waals surface area contributed by atoms with E-state index in [1.165, 1.54) is 4.31 Å². The number of ether oxygens (including phenoxy) is 1. The number of hydrogen-bond donors (Lipinski definition) is 0. The molecule has 10 heteroatoms. The number of aromatic nitrogens is 1. The van der Waals surface area contributed by atoms with Crippen LogP contribution in [-0.2, 0) is 19.6 Å². The fourth-order valence-electron chi connectivity index (χ4n) is 4.28. The molecule has 31 heavy (non-hydrogen) atoms. The van der Waals surface area contributed by atoms with Crippen LogP contribution in [0, 0.1) is 13.8 Å². The zero-order chi connectivity index (χ0) is 22.0. The molecule has 1 aromatic carbocycles. The van der Waals surface area contributed by atoms with Gasteiger partial charge in [-0.15, -0.1) is 0 Å². The van der Waals surface area contributed by atoms with Crippen LogP contribution in [0.5, 0.6) is 0 Å². The lowest BCUT2D eigenvalue weighted by Crippen LogP contribution is -2.54. The van der Waals surface area contributed by atoms with E-state index in [1.54, 1.807) is 13.8 Å². The summed E-state index contributed by atoms with van der Waals surface area (Å²) in [5, 5.41) is 3.78. The van der Waals surface area contributed by atoms with Crippen LogP contribution in [0.4, 0.5) is 0 Å². The molecule has 2 saturated heterocycles. The third kappa shape index (κ3) is 4.38. The van der Waals surface area contributed by atoms with E-state index in [4.69, 9.17) is 9.26 Å². The van der Waals surface area contributed by atoms with Crippen molar-refractivity contribution in [2.75, 3.05) is 52.5 Å². The number of piperazine rings is 1. The molecule has 0 bridgehead atoms. The average Bonchev–Trinajstić information content (AvgIpc) is 3.14. The van der Waals surface area contributed by atoms with Gasteiger partial charge in [0.2, 0.25) is 15.9 Å². The first-order chi connectivity index (χ1) is 14.9. The number of aryl methyl sites for hydroxylation is 2. The number of amides is 1. The van der Waals surface area contributed by atoms with Crippen molar-refractivity contribution in [3.8, 4) is 0 Å². The van der Waals surface area contributed by atoms with E-state index in [2.05, 4.69) is 10.1 Å². The van der Waals surface area contributed by atoms with Crippen molar-refractivity contribution < 1.29 is 22.5 Å². The van der Waals surface area contributed by atoms with Crippen LogP contribution in [0.1, 0.15) is 23.1 Å². The zero-order valence-corrected chi connectivity index (χ0v) is 18.7. The number of carbonyl (C=O) groups excluding carboxylic acids is 1. The van der Waals surface area contributed by atoms with Crippen LogP contribution in [0.15, 0.2) is 39.8 Å². The lowest BCUT2D eigenvalue weighted by atomic mass is 10.0. The van der Waals surface area contributed by atoms with Gasteiger partial charge < -0.3 is 14.2 Å². The number of sulfonamides is 1. The number of benzene rings is 1. The number of rotatable bonds is 5. The molecular weight excluding hydrogens is 420 g/mol. The molecule has 2 aliphatic rings. The summed E-state index contributed by atoms with van der Waals surface area (Å²) >= 11 is 0. The Morgan fingerprint density at radius 1 is 1.00 bits per heavy atom. The SMILES string of the molecule is Cc1noc(C)c1S(=O)(=O)N1CCN([C@H](C(=O)N2CCOCC2)c2ccccc2)CC1. The van der Waals surface area contributed by atoms with Crippen LogP contribution in [-0.4, -0.2) is 86.1 Å². The highest BCUT2D eigenvalue weighted by molar-refractivity contribution is 7.89. The standard InChI is InChI=1S/C21H28N4O5S/c1-16-20(17(2)30-22-16)31(27,28)25-10-8-23(9-11-25)19(18-6-4-3-5-7-18)21(26)24-12-14-29-15-13-24/h3-7,19H,8-15H2,1-2H3/t19-/m0/s1. The molecule has 9 nitrogen and oxygen atoms in total. The van der Waals surface area contributed by atoms with Crippen molar-refractivity contribution >= 4 is 15.9 Å². The van der Waals surface area contributed by atoms with Gasteiger partial charge in [0, 0.05) is 39.3 Å². The monoisotopic (exact) mass is 448 g/mol. The molecule has 2 aromatic rings. The van der Waals surface area contributed by atoms with Crippen LogP contribution in [0.2, 0.25) is 0 Å². The van der Waals surface area contributed by atoms with E-state index < -0.39 is 16.1 Å². The quantitative estimate of drug-likeness (QED) is 0.678. The molecule has 0 unspecified atom stereocenters. The summed E-state index contributed by atoms with van der Waals surface area (Å²) in [5.74, 6) is 0.334. The molecule has 1 atom stereocenters. The third-order valence-corrected chi connectivity index (χ3v) is 8.02. The minimum Gasteiger partial charge on any atom is -0.378 e. The van der Waals surface area contributed by atoms with Gasteiger partial charge >= 0.3 is 0 Å². The lowest BCUT2D eigenvalue weighted by Gasteiger charge is -2.40. The summed E-state index contributed by atoms with van der Waals surface area (Å²) in [6, 6.07) is 9.24. The highest BCUT2D eigenvalue weighted by atomic mass is 32.2. The number of hydrogen-bond acceptors (Lipinski definition) is 7. The molecule has 0 saturated carbocycles. The highest BCUT2D eigenvalue weighted by Gasteiger charge is 2.38. The van der Waals surface area contributed by atoms with Crippen LogP contribution in [0.25, 0.3) is 0 Å². The van der Waals surface area contributed by atoms with Crippen molar-refractivity contribution in [2.45, 2.75) is 24.8 Å². The van der Waals surface area contributed by atoms with Gasteiger partial charge in [-0.25, -0.2) is 8.42 Å². The number of nitrogens with zero attached hydrogens (tertiary/aromatic N) is 4. The maximum Gasteiger partial charge on any atom is 0.248 e. The van der Waals surface area contributed by atoms with E-state index in [1.807, 2.05) is 35.2 Å². The number of morpholine rings is 1. The average molecular weight is 449 g/mol. The maximum atomic E-state index is 13.4. The smallest absolute Gasteiger partial charge is 0.248 e. The van der Waals surface area contributed by atoms with Crippen molar-refractivity contribution in [2.24, 2.45) is 0 Å². The van der Waals surface area contributed by atoms with Gasteiger partial charge in [0.05, 0.1) is 13.2 Å². The predicted octanol–water partition coefficient (Wildman–Crippen LogP) is 1.20. The summed E-state index contributed by atoms with van der Waals surface area (Å²) in [5.41, 5.74) is 1.28. The molecule has 0 N–H and O–H groups in total. The Morgan fingerprint density at radius 3 is 2.23 bits per heavy atom. The van der Waals surface area contributed by atoms with Crippen molar-refractivity contribution in [3.05, 3.63) is 47.3 Å². The van der Waals surface area contributed by atoms with Crippen molar-refractivity contribution in [1.82, 2.24) is 19.3 Å². The lowest BCUT2D eigenvalue weighted by molar-refractivity contribution is -0.142. The molecule has 0 aliphatic carbocycles. The number of carbonyl (C=O) groups is 1. The predicted molar refractivity (Wildman–Crippen MR) is 113 cm³/mol. The molecule has 168 valence electrons. The van der Waals surface area contributed by atoms with Crippen LogP contribution >= 0.6 is 0 Å². The summed E-state index contributed by atoms with van der Waals surface area (Å²) in [4.78, 5) is 17.5. The topological polar surface area (TPSA) is 96.2 Å². The van der Waals surface area contributed by atoms with E-state index in [0.29, 0.717) is 63.9 Å². The Hall–Kier alpha value is -2.27. The Bertz CT molecular complexity index is 990. The molecule has 3 heterocycles. The van der Waals surface area contributed by atoms with Crippen LogP contribution in [0.3, 0.4) is 0 Å². The minimum atomic E-state index is -3.70. The third-order valence-electron chi connectivity index (χ3n) is 5.88. The van der Waals surface area contributed by atoms with Gasteiger partial charge in [0.25, 0.3) is 0 Å². The molecule has 4 rings (SSSR count). The fraction of sp³-hybridized carbons (Fsp3) is 0.524. The summed E-state index contributed by atoms with van der Waals surface area (Å²) in [6.07, 6.45) is 0. The Labute approximate surface area is 182 Å². The minimum absolute atomic E-state index is 0.0385. The van der Waals surface area contributed by atoms with E-state index >= 15 is 0 Å². The normalized spacial score (nSPS) is 20.0. The van der Waals surface area contributed by atoms with Gasteiger partial charge in [0.1, 0.15) is 16.6 Å². The molecule has 0 spiro atoms. The second kappa shape index (κ2) is 9.07. The molecule has 1 aromatic heterocycles. The second-order valence-electron chi connectivity index (χ2n) is 7.84. The molecule has 1 amide bonds.